The molecule has 7 heteroatoms. The SMILES string of the molecule is COc1cc(N2CCC(Cc3ccc(Cl)c(Cl)c3)C2=O)ccc1-n1cnc(C)c1. The maximum atomic E-state index is 13.0. The van der Waals surface area contributed by atoms with Crippen molar-refractivity contribution in [3.05, 3.63) is 70.2 Å². The number of aromatic nitrogens is 2. The third-order valence-electron chi connectivity index (χ3n) is 5.25. The number of benzene rings is 2. The fourth-order valence-corrected chi connectivity index (χ4v) is 4.06. The molecule has 5 nitrogen and oxygen atoms in total. The monoisotopic (exact) mass is 429 g/mol. The van der Waals surface area contributed by atoms with Crippen LogP contribution < -0.4 is 9.64 Å². The first-order valence-corrected chi connectivity index (χ1v) is 10.2. The Hall–Kier alpha value is -2.50. The number of hydrogen-bond donors (Lipinski definition) is 0. The highest BCUT2D eigenvalue weighted by atomic mass is 35.5. The van der Waals surface area contributed by atoms with E-state index in [0.717, 1.165) is 29.1 Å². The molecule has 0 N–H and O–H groups in total. The van der Waals surface area contributed by atoms with Crippen molar-refractivity contribution in [1.82, 2.24) is 9.55 Å². The van der Waals surface area contributed by atoms with Crippen LogP contribution in [-0.4, -0.2) is 29.1 Å². The topological polar surface area (TPSA) is 47.4 Å². The highest BCUT2D eigenvalue weighted by molar-refractivity contribution is 6.42. The van der Waals surface area contributed by atoms with Crippen LogP contribution in [0.15, 0.2) is 48.9 Å². The van der Waals surface area contributed by atoms with Crippen molar-refractivity contribution < 1.29 is 9.53 Å². The number of nitrogens with zero attached hydrogens (tertiary/aromatic N) is 3. The zero-order valence-corrected chi connectivity index (χ0v) is 17.7. The van der Waals surface area contributed by atoms with Crippen molar-refractivity contribution in [3.8, 4) is 11.4 Å². The molecule has 4 rings (SSSR count). The molecule has 2 heterocycles. The molecule has 29 heavy (non-hydrogen) atoms. The molecule has 1 saturated heterocycles. The van der Waals surface area contributed by atoms with Gasteiger partial charge in [0.25, 0.3) is 0 Å². The Labute approximate surface area is 179 Å². The van der Waals surface area contributed by atoms with Gasteiger partial charge in [0, 0.05) is 30.4 Å². The zero-order chi connectivity index (χ0) is 20.5. The van der Waals surface area contributed by atoms with Crippen LogP contribution in [0.5, 0.6) is 5.75 Å². The molecule has 0 radical (unpaired) electrons. The first kappa shape index (κ1) is 19.8. The van der Waals surface area contributed by atoms with E-state index in [1.165, 1.54) is 0 Å². The molecule has 0 saturated carbocycles. The van der Waals surface area contributed by atoms with E-state index in [4.69, 9.17) is 27.9 Å². The summed E-state index contributed by atoms with van der Waals surface area (Å²) in [6.45, 7) is 2.62. The summed E-state index contributed by atoms with van der Waals surface area (Å²) in [7, 11) is 1.63. The molecule has 1 aliphatic rings. The van der Waals surface area contributed by atoms with Crippen LogP contribution in [0.25, 0.3) is 5.69 Å². The van der Waals surface area contributed by atoms with Gasteiger partial charge in [-0.2, -0.15) is 0 Å². The smallest absolute Gasteiger partial charge is 0.230 e. The van der Waals surface area contributed by atoms with Gasteiger partial charge in [0.05, 0.1) is 34.9 Å². The normalized spacial score (nSPS) is 16.5. The average Bonchev–Trinajstić information content (AvgIpc) is 3.30. The summed E-state index contributed by atoms with van der Waals surface area (Å²) < 4.78 is 7.49. The summed E-state index contributed by atoms with van der Waals surface area (Å²) in [6.07, 6.45) is 5.13. The molecular weight excluding hydrogens is 409 g/mol. The molecule has 1 aliphatic heterocycles. The first-order chi connectivity index (χ1) is 14.0. The summed E-state index contributed by atoms with van der Waals surface area (Å²) in [6, 6.07) is 11.4. The molecule has 3 aromatic rings. The lowest BCUT2D eigenvalue weighted by atomic mass is 9.98. The van der Waals surface area contributed by atoms with Crippen molar-refractivity contribution in [3.63, 3.8) is 0 Å². The molecule has 2 aromatic carbocycles. The summed E-state index contributed by atoms with van der Waals surface area (Å²) in [5, 5.41) is 1.04. The number of imidazole rings is 1. The predicted molar refractivity (Wildman–Crippen MR) is 115 cm³/mol. The Kier molecular flexibility index (Phi) is 5.52. The molecule has 0 aliphatic carbocycles. The van der Waals surface area contributed by atoms with E-state index >= 15 is 0 Å². The minimum Gasteiger partial charge on any atom is -0.494 e. The maximum absolute atomic E-state index is 13.0. The lowest BCUT2D eigenvalue weighted by Crippen LogP contribution is -2.27. The van der Waals surface area contributed by atoms with Gasteiger partial charge in [0.1, 0.15) is 5.75 Å². The Bertz CT molecular complexity index is 1060. The molecular formula is C22H21Cl2N3O2. The van der Waals surface area contributed by atoms with Crippen molar-refractivity contribution in [2.75, 3.05) is 18.6 Å². The third-order valence-corrected chi connectivity index (χ3v) is 5.99. The molecule has 150 valence electrons. The minimum atomic E-state index is -0.0748. The molecule has 1 aromatic heterocycles. The summed E-state index contributed by atoms with van der Waals surface area (Å²) >= 11 is 12.1. The lowest BCUT2D eigenvalue weighted by Gasteiger charge is -2.19. The predicted octanol–water partition coefficient (Wildman–Crippen LogP) is 5.09. The van der Waals surface area contributed by atoms with E-state index in [1.54, 1.807) is 19.5 Å². The summed E-state index contributed by atoms with van der Waals surface area (Å²) in [4.78, 5) is 19.1. The fourth-order valence-electron chi connectivity index (χ4n) is 3.74. The Morgan fingerprint density at radius 2 is 2.00 bits per heavy atom. The number of halogens is 2. The number of anilines is 1. The van der Waals surface area contributed by atoms with Crippen LogP contribution in [0.3, 0.4) is 0 Å². The minimum absolute atomic E-state index is 0.0748. The van der Waals surface area contributed by atoms with Crippen LogP contribution in [0, 0.1) is 12.8 Å². The van der Waals surface area contributed by atoms with Gasteiger partial charge in [-0.3, -0.25) is 4.79 Å². The third kappa shape index (κ3) is 3.98. The Balaban J connectivity index is 1.54. The quantitative estimate of drug-likeness (QED) is 0.567. The number of hydrogen-bond acceptors (Lipinski definition) is 3. The van der Waals surface area contributed by atoms with Gasteiger partial charge < -0.3 is 14.2 Å². The van der Waals surface area contributed by atoms with E-state index < -0.39 is 0 Å². The number of ether oxygens (including phenoxy) is 1. The Morgan fingerprint density at radius 1 is 1.17 bits per heavy atom. The molecule has 1 amide bonds. The highest BCUT2D eigenvalue weighted by Crippen LogP contribution is 2.33. The van der Waals surface area contributed by atoms with Crippen molar-refractivity contribution in [1.29, 1.82) is 0 Å². The van der Waals surface area contributed by atoms with E-state index in [0.29, 0.717) is 28.8 Å². The molecule has 1 atom stereocenters. The van der Waals surface area contributed by atoms with Crippen molar-refractivity contribution >= 4 is 34.8 Å². The second kappa shape index (κ2) is 8.09. The second-order valence-electron chi connectivity index (χ2n) is 7.21. The van der Waals surface area contributed by atoms with Gasteiger partial charge in [-0.15, -0.1) is 0 Å². The number of carbonyl (C=O) groups is 1. The van der Waals surface area contributed by atoms with Crippen LogP contribution in [0.1, 0.15) is 17.7 Å². The largest absolute Gasteiger partial charge is 0.494 e. The van der Waals surface area contributed by atoms with E-state index in [9.17, 15) is 4.79 Å². The van der Waals surface area contributed by atoms with Gasteiger partial charge >= 0.3 is 0 Å². The van der Waals surface area contributed by atoms with Gasteiger partial charge in [0.2, 0.25) is 5.91 Å². The van der Waals surface area contributed by atoms with E-state index in [2.05, 4.69) is 4.98 Å². The lowest BCUT2D eigenvalue weighted by molar-refractivity contribution is -0.120. The number of rotatable bonds is 5. The number of amides is 1. The molecule has 0 bridgehead atoms. The van der Waals surface area contributed by atoms with Crippen molar-refractivity contribution in [2.24, 2.45) is 5.92 Å². The van der Waals surface area contributed by atoms with E-state index in [1.807, 2.05) is 52.9 Å². The van der Waals surface area contributed by atoms with Crippen LogP contribution in [0.2, 0.25) is 10.0 Å². The fraction of sp³-hybridized carbons (Fsp3) is 0.273. The van der Waals surface area contributed by atoms with Crippen LogP contribution >= 0.6 is 23.2 Å². The van der Waals surface area contributed by atoms with E-state index in [-0.39, 0.29) is 11.8 Å². The first-order valence-electron chi connectivity index (χ1n) is 9.40. The number of methoxy groups -OCH3 is 1. The molecule has 1 fully saturated rings. The average molecular weight is 430 g/mol. The van der Waals surface area contributed by atoms with Gasteiger partial charge in [-0.05, 0) is 49.6 Å². The zero-order valence-electron chi connectivity index (χ0n) is 16.2. The number of carbonyl (C=O) groups excluding carboxylic acids is 1. The molecule has 0 spiro atoms. The maximum Gasteiger partial charge on any atom is 0.230 e. The second-order valence-corrected chi connectivity index (χ2v) is 8.02. The summed E-state index contributed by atoms with van der Waals surface area (Å²) in [5.41, 5.74) is 3.67. The van der Waals surface area contributed by atoms with Crippen molar-refractivity contribution in [2.45, 2.75) is 19.8 Å². The van der Waals surface area contributed by atoms with Crippen LogP contribution in [-0.2, 0) is 11.2 Å². The standard InChI is InChI=1S/C22H21Cl2N3O2/c1-14-12-26(13-25-14)20-6-4-17(11-21(20)29-2)27-8-7-16(22(27)28)9-15-3-5-18(23)19(24)10-15/h3-6,10-13,16H,7-9H2,1-2H3. The van der Waals surface area contributed by atoms with Gasteiger partial charge in [-0.25, -0.2) is 4.98 Å². The van der Waals surface area contributed by atoms with Gasteiger partial charge in [0.15, 0.2) is 0 Å². The summed E-state index contributed by atoms with van der Waals surface area (Å²) in [5.74, 6) is 0.735. The number of aryl methyl sites for hydroxylation is 1. The Morgan fingerprint density at radius 3 is 2.69 bits per heavy atom. The van der Waals surface area contributed by atoms with Crippen LogP contribution in [0.4, 0.5) is 5.69 Å². The van der Waals surface area contributed by atoms with Gasteiger partial charge in [-0.1, -0.05) is 29.3 Å². The molecule has 1 unspecified atom stereocenters. The highest BCUT2D eigenvalue weighted by Gasteiger charge is 2.33.